The lowest BCUT2D eigenvalue weighted by molar-refractivity contribution is 0.00578. The lowest BCUT2D eigenvalue weighted by Gasteiger charge is -2.33. The van der Waals surface area contributed by atoms with Gasteiger partial charge in [-0.25, -0.2) is 19.0 Å². The zero-order chi connectivity index (χ0) is 57.9. The Balaban J connectivity index is 0.000000113. The number of anilines is 2. The second-order valence-electron chi connectivity index (χ2n) is 23.0. The number of benzene rings is 4. The Morgan fingerprint density at radius 3 is 1.77 bits per heavy atom. The minimum atomic E-state index is -0.316. The minimum Gasteiger partial charge on any atom is -0.399 e. The fourth-order valence-corrected chi connectivity index (χ4v) is 11.5. The van der Waals surface area contributed by atoms with Crippen molar-refractivity contribution in [1.29, 1.82) is 0 Å². The summed E-state index contributed by atoms with van der Waals surface area (Å²) in [4.78, 5) is 20.6. The van der Waals surface area contributed by atoms with Crippen molar-refractivity contribution in [2.75, 3.05) is 69.2 Å². The standard InChI is InChI=1S/C20H22N6.C18H19N7.C15H21BN2O2.C9H9BrN2/c1-14-17-11-15(3-4-16(17)12-21-14)18-13-22-19-5-6-20(23-26(18)19)25-9-7-24(2)8-10-25;1-12-14-10-13(2-3-15(14)22-21-12)16-11-20-17-4-5-18(23-25(16)17)24-8-6-19-7-9-24;1-10-12-9-11(7-8-13(12)18(6)17-10)16-19-14(2,3)15(4,5)20-16;1-6-8-5-7(10)3-4-9(8)12(2)11-6/h3-6,11,13H,7-10,12H2,1-2H3;2-5,10-11,19H,6-9H2,1H3,(H,21,22);7-9H,1-6H3;3-5H,1-2H3. The highest BCUT2D eigenvalue weighted by Crippen LogP contribution is 2.37. The summed E-state index contributed by atoms with van der Waals surface area (Å²) in [6, 6.07) is 33.5. The summed E-state index contributed by atoms with van der Waals surface area (Å²) in [5, 5.41) is 32.7. The second-order valence-corrected chi connectivity index (χ2v) is 24.0. The van der Waals surface area contributed by atoms with Crippen LogP contribution < -0.4 is 20.6 Å². The lowest BCUT2D eigenvalue weighted by Crippen LogP contribution is -2.44. The van der Waals surface area contributed by atoms with Crippen LogP contribution >= 0.6 is 15.9 Å². The number of nitrogens with zero attached hydrogens (tertiary/aromatic N) is 15. The van der Waals surface area contributed by atoms with E-state index in [9.17, 15) is 0 Å². The van der Waals surface area contributed by atoms with Crippen LogP contribution in [0.5, 0.6) is 0 Å². The summed E-state index contributed by atoms with van der Waals surface area (Å²) in [7, 11) is 5.78. The highest BCUT2D eigenvalue weighted by molar-refractivity contribution is 9.10. The van der Waals surface area contributed by atoms with Gasteiger partial charge >= 0.3 is 7.12 Å². The van der Waals surface area contributed by atoms with Crippen LogP contribution in [0.25, 0.3) is 66.5 Å². The molecule has 3 saturated heterocycles. The van der Waals surface area contributed by atoms with Crippen molar-refractivity contribution >= 4 is 89.9 Å². The van der Waals surface area contributed by atoms with Crippen LogP contribution in [0.1, 0.15) is 62.8 Å². The first-order valence-corrected chi connectivity index (χ1v) is 29.2. The smallest absolute Gasteiger partial charge is 0.399 e. The molecule has 0 unspecified atom stereocenters. The van der Waals surface area contributed by atoms with E-state index in [-0.39, 0.29) is 18.3 Å². The molecule has 4 aliphatic rings. The quantitative estimate of drug-likeness (QED) is 0.156. The third kappa shape index (κ3) is 11.0. The molecule has 83 heavy (non-hydrogen) atoms. The van der Waals surface area contributed by atoms with Crippen molar-refractivity contribution in [3.05, 3.63) is 142 Å². The summed E-state index contributed by atoms with van der Waals surface area (Å²) in [5.74, 6) is 2.01. The molecule has 19 nitrogen and oxygen atoms in total. The Bertz CT molecular complexity index is 4220. The average Bonchev–Trinajstić information content (AvgIpc) is 4.52. The molecule has 426 valence electrons. The summed E-state index contributed by atoms with van der Waals surface area (Å²) in [5.41, 5.74) is 16.5. The number of aromatic amines is 1. The fraction of sp³-hybridized carbons (Fsp3) is 0.355. The van der Waals surface area contributed by atoms with Crippen molar-refractivity contribution in [2.24, 2.45) is 19.1 Å². The predicted octanol–water partition coefficient (Wildman–Crippen LogP) is 9.29. The van der Waals surface area contributed by atoms with Crippen LogP contribution in [0.3, 0.4) is 0 Å². The lowest BCUT2D eigenvalue weighted by atomic mass is 9.78. The number of hydrogen-bond donors (Lipinski definition) is 2. The van der Waals surface area contributed by atoms with Gasteiger partial charge in [-0.1, -0.05) is 46.3 Å². The van der Waals surface area contributed by atoms with E-state index < -0.39 is 0 Å². The van der Waals surface area contributed by atoms with E-state index in [0.717, 1.165) is 159 Å². The van der Waals surface area contributed by atoms with Crippen LogP contribution in [0.2, 0.25) is 0 Å². The van der Waals surface area contributed by atoms with E-state index >= 15 is 0 Å². The van der Waals surface area contributed by atoms with E-state index in [1.807, 2.05) is 83.9 Å². The minimum absolute atomic E-state index is 0.309. The van der Waals surface area contributed by atoms with Crippen LogP contribution in [0.15, 0.2) is 119 Å². The van der Waals surface area contributed by atoms with Crippen molar-refractivity contribution in [3.63, 3.8) is 0 Å². The van der Waals surface area contributed by atoms with Gasteiger partial charge in [-0.05, 0) is 140 Å². The number of piperazine rings is 2. The molecule has 2 N–H and O–H groups in total. The molecule has 11 aromatic rings. The highest BCUT2D eigenvalue weighted by Gasteiger charge is 2.51. The predicted molar refractivity (Wildman–Crippen MR) is 336 cm³/mol. The van der Waals surface area contributed by atoms with Gasteiger partial charge in [-0.15, -0.1) is 10.2 Å². The Morgan fingerprint density at radius 2 is 1.14 bits per heavy atom. The molecule has 0 atom stereocenters. The number of rotatable bonds is 5. The maximum Gasteiger partial charge on any atom is 0.494 e. The number of hydrogen-bond acceptors (Lipinski definition) is 14. The third-order valence-corrected chi connectivity index (χ3v) is 17.4. The van der Waals surface area contributed by atoms with Gasteiger partial charge in [0.05, 0.1) is 69.5 Å². The third-order valence-electron chi connectivity index (χ3n) is 16.9. The summed E-state index contributed by atoms with van der Waals surface area (Å²) in [6.07, 6.45) is 3.81. The van der Waals surface area contributed by atoms with E-state index in [0.29, 0.717) is 0 Å². The van der Waals surface area contributed by atoms with Crippen LogP contribution in [0, 0.1) is 20.8 Å². The Labute approximate surface area is 492 Å². The monoisotopic (exact) mass is 1180 g/mol. The zero-order valence-corrected chi connectivity index (χ0v) is 50.8. The molecule has 15 rings (SSSR count). The van der Waals surface area contributed by atoms with Gasteiger partial charge < -0.3 is 29.3 Å². The maximum absolute atomic E-state index is 6.10. The zero-order valence-electron chi connectivity index (χ0n) is 49.2. The van der Waals surface area contributed by atoms with Gasteiger partial charge in [0.1, 0.15) is 11.6 Å². The van der Waals surface area contributed by atoms with Crippen molar-refractivity contribution in [2.45, 2.75) is 73.1 Å². The molecule has 21 heteroatoms. The first kappa shape index (κ1) is 55.7. The molecular formula is C62H71BBrN17O2. The Hall–Kier alpha value is -7.82. The van der Waals surface area contributed by atoms with Gasteiger partial charge in [-0.3, -0.25) is 19.5 Å². The molecule has 0 saturated carbocycles. The molecule has 0 radical (unpaired) electrons. The average molecular weight is 1180 g/mol. The van der Waals surface area contributed by atoms with Gasteiger partial charge in [0.2, 0.25) is 0 Å². The van der Waals surface area contributed by atoms with Gasteiger partial charge in [-0.2, -0.15) is 15.3 Å². The topological polar surface area (TPSA) is 177 Å². The molecule has 3 fully saturated rings. The molecule has 7 aromatic heterocycles. The Morgan fingerprint density at radius 1 is 0.578 bits per heavy atom. The number of likely N-dealkylation sites (N-methyl/N-ethyl adjacent to an activating group) is 1. The first-order chi connectivity index (χ1) is 39.9. The number of imidazole rings is 2. The summed E-state index contributed by atoms with van der Waals surface area (Å²) < 4.78 is 21.0. The van der Waals surface area contributed by atoms with Crippen LogP contribution in [-0.4, -0.2) is 147 Å². The summed E-state index contributed by atoms with van der Waals surface area (Å²) in [6.45, 7) is 25.3. The number of aliphatic imine (C=N–C) groups is 1. The molecule has 4 aliphatic heterocycles. The maximum atomic E-state index is 6.10. The largest absolute Gasteiger partial charge is 0.494 e. The number of nitrogens with one attached hydrogen (secondary N) is 2. The summed E-state index contributed by atoms with van der Waals surface area (Å²) >= 11 is 3.44. The molecule has 4 aromatic carbocycles. The van der Waals surface area contributed by atoms with Gasteiger partial charge in [0.15, 0.2) is 11.3 Å². The fourth-order valence-electron chi connectivity index (χ4n) is 11.2. The normalized spacial score (nSPS) is 16.7. The van der Waals surface area contributed by atoms with Crippen LogP contribution in [-0.2, 0) is 29.9 Å². The number of aromatic nitrogens is 12. The molecule has 0 spiro atoms. The molecule has 0 amide bonds. The SMILES string of the molecule is CC1=NCc2ccc(-c3cnc4ccc(N5CCN(C)CC5)nn34)cc21.Cc1[nH]nc2ccc(-c3cnc4ccc(N5CCNCC5)nn34)cc12.Cc1nn(C)c2ccc(B3OC(C)(C)C(C)(C)O3)cc12.Cc1nn(C)c2ccc(Br)cc12. The van der Waals surface area contributed by atoms with Crippen molar-refractivity contribution in [3.8, 4) is 22.5 Å². The molecule has 0 aliphatic carbocycles. The highest BCUT2D eigenvalue weighted by atomic mass is 79.9. The van der Waals surface area contributed by atoms with E-state index in [4.69, 9.17) is 19.5 Å². The van der Waals surface area contributed by atoms with Gasteiger partial charge in [0, 0.05) is 115 Å². The van der Waals surface area contributed by atoms with Gasteiger partial charge in [0.25, 0.3) is 0 Å². The number of aryl methyl sites for hydroxylation is 5. The van der Waals surface area contributed by atoms with E-state index in [1.165, 1.54) is 22.0 Å². The van der Waals surface area contributed by atoms with Crippen molar-refractivity contribution in [1.82, 2.24) is 69.2 Å². The number of H-pyrrole nitrogens is 1. The Kier molecular flexibility index (Phi) is 15.0. The van der Waals surface area contributed by atoms with E-state index in [2.05, 4.69) is 192 Å². The molecule has 11 heterocycles. The van der Waals surface area contributed by atoms with E-state index in [1.54, 1.807) is 0 Å². The van der Waals surface area contributed by atoms with Crippen molar-refractivity contribution < 1.29 is 9.31 Å². The first-order valence-electron chi connectivity index (χ1n) is 28.4. The molecular weight excluding hydrogens is 1110 g/mol. The molecule has 0 bridgehead atoms. The number of fused-ring (bicyclic) bond motifs is 6. The second kappa shape index (κ2) is 22.4. The number of halogens is 1. The van der Waals surface area contributed by atoms with Crippen LogP contribution in [0.4, 0.5) is 11.6 Å².